The Morgan fingerprint density at radius 3 is 2.53 bits per heavy atom. The number of hydrogen-bond acceptors (Lipinski definition) is 3. The molecule has 1 N–H and O–H groups in total. The van der Waals surface area contributed by atoms with E-state index in [1.54, 1.807) is 0 Å². The summed E-state index contributed by atoms with van der Waals surface area (Å²) in [5.41, 5.74) is 2.52. The van der Waals surface area contributed by atoms with Gasteiger partial charge in [0.15, 0.2) is 0 Å². The summed E-state index contributed by atoms with van der Waals surface area (Å²) >= 11 is 0. The molecule has 96 valence electrons. The Morgan fingerprint density at radius 2 is 2.06 bits per heavy atom. The van der Waals surface area contributed by atoms with E-state index in [1.165, 1.54) is 11.1 Å². The third kappa shape index (κ3) is 3.70. The normalized spacial score (nSPS) is 10.9. The lowest BCUT2D eigenvalue weighted by Gasteiger charge is -2.28. The Kier molecular flexibility index (Phi) is 5.42. The molecule has 1 aromatic heterocycles. The minimum Gasteiger partial charge on any atom is -0.354 e. The van der Waals surface area contributed by atoms with Crippen LogP contribution in [0.1, 0.15) is 38.8 Å². The van der Waals surface area contributed by atoms with E-state index in [9.17, 15) is 0 Å². The van der Waals surface area contributed by atoms with Crippen LogP contribution in [0.5, 0.6) is 0 Å². The summed E-state index contributed by atoms with van der Waals surface area (Å²) in [7, 11) is 0. The zero-order valence-electron chi connectivity index (χ0n) is 11.7. The molecule has 0 bridgehead atoms. The highest BCUT2D eigenvalue weighted by Crippen LogP contribution is 2.19. The predicted molar refractivity (Wildman–Crippen MR) is 74.5 cm³/mol. The van der Waals surface area contributed by atoms with Gasteiger partial charge in [-0.1, -0.05) is 6.92 Å². The molecule has 0 saturated carbocycles. The molecule has 0 atom stereocenters. The molecule has 0 aliphatic heterocycles. The van der Waals surface area contributed by atoms with E-state index >= 15 is 0 Å². The molecule has 0 unspecified atom stereocenters. The van der Waals surface area contributed by atoms with Gasteiger partial charge in [-0.15, -0.1) is 0 Å². The Labute approximate surface area is 105 Å². The summed E-state index contributed by atoms with van der Waals surface area (Å²) < 4.78 is 0. The van der Waals surface area contributed by atoms with Gasteiger partial charge in [-0.25, -0.2) is 4.98 Å². The highest BCUT2D eigenvalue weighted by atomic mass is 15.2. The highest BCUT2D eigenvalue weighted by molar-refractivity contribution is 5.47. The molecule has 1 rings (SSSR count). The maximum Gasteiger partial charge on any atom is 0.131 e. The molecule has 0 spiro atoms. The number of pyridine rings is 1. The van der Waals surface area contributed by atoms with Crippen LogP contribution in [0.2, 0.25) is 0 Å². The molecular weight excluding hydrogens is 210 g/mol. The topological polar surface area (TPSA) is 28.2 Å². The van der Waals surface area contributed by atoms with Gasteiger partial charge in [-0.05, 0) is 51.4 Å². The van der Waals surface area contributed by atoms with Crippen molar-refractivity contribution in [1.82, 2.24) is 10.3 Å². The Hall–Kier alpha value is -1.09. The summed E-state index contributed by atoms with van der Waals surface area (Å²) in [6.07, 6.45) is 1.98. The molecule has 0 amide bonds. The van der Waals surface area contributed by atoms with Crippen molar-refractivity contribution < 1.29 is 0 Å². The number of anilines is 1. The van der Waals surface area contributed by atoms with Crippen LogP contribution in [-0.4, -0.2) is 24.1 Å². The molecule has 0 saturated heterocycles. The van der Waals surface area contributed by atoms with Crippen LogP contribution < -0.4 is 10.2 Å². The number of aryl methyl sites for hydroxylation is 1. The minimum absolute atomic E-state index is 0.491. The maximum absolute atomic E-state index is 4.61. The second-order valence-electron chi connectivity index (χ2n) is 4.64. The molecular formula is C14H25N3. The van der Waals surface area contributed by atoms with Crippen LogP contribution in [-0.2, 0) is 6.54 Å². The molecule has 0 radical (unpaired) electrons. The van der Waals surface area contributed by atoms with Crippen molar-refractivity contribution in [2.24, 2.45) is 0 Å². The molecule has 3 nitrogen and oxygen atoms in total. The van der Waals surface area contributed by atoms with Crippen molar-refractivity contribution in [3.05, 3.63) is 23.4 Å². The van der Waals surface area contributed by atoms with Crippen molar-refractivity contribution in [1.29, 1.82) is 0 Å². The first kappa shape index (κ1) is 14.0. The third-order valence-corrected chi connectivity index (χ3v) is 2.92. The van der Waals surface area contributed by atoms with Gasteiger partial charge in [-0.2, -0.15) is 0 Å². The second kappa shape index (κ2) is 6.60. The standard InChI is InChI=1S/C14H25N3/c1-6-15-9-13-8-12(5)14(16-10-13)17(7-2)11(3)4/h8,10-11,15H,6-7,9H2,1-5H3. The first-order valence-corrected chi connectivity index (χ1v) is 6.53. The van der Waals surface area contributed by atoms with Crippen LogP contribution >= 0.6 is 0 Å². The summed E-state index contributed by atoms with van der Waals surface area (Å²) in [4.78, 5) is 6.94. The largest absolute Gasteiger partial charge is 0.354 e. The lowest BCUT2D eigenvalue weighted by Crippen LogP contribution is -2.31. The van der Waals surface area contributed by atoms with Crippen LogP contribution in [0.3, 0.4) is 0 Å². The van der Waals surface area contributed by atoms with E-state index in [0.717, 1.165) is 25.5 Å². The van der Waals surface area contributed by atoms with Gasteiger partial charge in [-0.3, -0.25) is 0 Å². The average Bonchev–Trinajstić information content (AvgIpc) is 2.29. The fourth-order valence-corrected chi connectivity index (χ4v) is 2.05. The van der Waals surface area contributed by atoms with Gasteiger partial charge in [0.2, 0.25) is 0 Å². The van der Waals surface area contributed by atoms with Gasteiger partial charge in [0, 0.05) is 25.3 Å². The van der Waals surface area contributed by atoms with E-state index in [0.29, 0.717) is 6.04 Å². The number of aromatic nitrogens is 1. The summed E-state index contributed by atoms with van der Waals surface area (Å²) in [5.74, 6) is 1.11. The zero-order valence-corrected chi connectivity index (χ0v) is 11.7. The zero-order chi connectivity index (χ0) is 12.8. The molecule has 0 aliphatic rings. The van der Waals surface area contributed by atoms with E-state index in [-0.39, 0.29) is 0 Å². The van der Waals surface area contributed by atoms with E-state index in [2.05, 4.69) is 55.9 Å². The van der Waals surface area contributed by atoms with E-state index in [1.807, 2.05) is 6.20 Å². The molecule has 3 heteroatoms. The summed E-state index contributed by atoms with van der Waals surface area (Å²) in [5, 5.41) is 3.32. The second-order valence-corrected chi connectivity index (χ2v) is 4.64. The minimum atomic E-state index is 0.491. The Balaban J connectivity index is 2.88. The molecule has 0 aromatic carbocycles. The van der Waals surface area contributed by atoms with Crippen molar-refractivity contribution in [3.63, 3.8) is 0 Å². The monoisotopic (exact) mass is 235 g/mol. The van der Waals surface area contributed by atoms with E-state index < -0.39 is 0 Å². The summed E-state index contributed by atoms with van der Waals surface area (Å²) in [6, 6.07) is 2.72. The Morgan fingerprint density at radius 1 is 1.35 bits per heavy atom. The maximum atomic E-state index is 4.61. The van der Waals surface area contributed by atoms with Crippen LogP contribution in [0.25, 0.3) is 0 Å². The van der Waals surface area contributed by atoms with Crippen molar-refractivity contribution in [3.8, 4) is 0 Å². The first-order valence-electron chi connectivity index (χ1n) is 6.53. The SMILES string of the molecule is CCNCc1cnc(N(CC)C(C)C)c(C)c1. The van der Waals surface area contributed by atoms with Gasteiger partial charge in [0.25, 0.3) is 0 Å². The number of hydrogen-bond donors (Lipinski definition) is 1. The van der Waals surface area contributed by atoms with Crippen LogP contribution in [0, 0.1) is 6.92 Å². The lowest BCUT2D eigenvalue weighted by atomic mass is 10.1. The molecule has 0 aliphatic carbocycles. The quantitative estimate of drug-likeness (QED) is 0.821. The van der Waals surface area contributed by atoms with Gasteiger partial charge < -0.3 is 10.2 Å². The van der Waals surface area contributed by atoms with Gasteiger partial charge in [0.1, 0.15) is 5.82 Å². The molecule has 17 heavy (non-hydrogen) atoms. The van der Waals surface area contributed by atoms with Crippen molar-refractivity contribution >= 4 is 5.82 Å². The highest BCUT2D eigenvalue weighted by Gasteiger charge is 2.12. The number of rotatable bonds is 6. The van der Waals surface area contributed by atoms with Gasteiger partial charge >= 0.3 is 0 Å². The number of nitrogens with zero attached hydrogens (tertiary/aromatic N) is 2. The van der Waals surface area contributed by atoms with Crippen molar-refractivity contribution in [2.45, 2.75) is 47.2 Å². The fraction of sp³-hybridized carbons (Fsp3) is 0.643. The number of nitrogens with one attached hydrogen (secondary N) is 1. The molecule has 0 fully saturated rings. The average molecular weight is 235 g/mol. The third-order valence-electron chi connectivity index (χ3n) is 2.92. The smallest absolute Gasteiger partial charge is 0.131 e. The molecule has 1 heterocycles. The van der Waals surface area contributed by atoms with Gasteiger partial charge in [0.05, 0.1) is 0 Å². The fourth-order valence-electron chi connectivity index (χ4n) is 2.05. The predicted octanol–water partition coefficient (Wildman–Crippen LogP) is 2.73. The van der Waals surface area contributed by atoms with Crippen LogP contribution in [0.4, 0.5) is 5.82 Å². The Bertz CT molecular complexity index is 347. The summed E-state index contributed by atoms with van der Waals surface area (Å²) in [6.45, 7) is 13.7. The molecule has 1 aromatic rings. The van der Waals surface area contributed by atoms with Crippen molar-refractivity contribution in [2.75, 3.05) is 18.0 Å². The van der Waals surface area contributed by atoms with Crippen LogP contribution in [0.15, 0.2) is 12.3 Å². The van der Waals surface area contributed by atoms with E-state index in [4.69, 9.17) is 0 Å². The lowest BCUT2D eigenvalue weighted by molar-refractivity contribution is 0.687. The first-order chi connectivity index (χ1) is 8.10.